The number of aryl methyl sites for hydroxylation is 1. The van der Waals surface area contributed by atoms with Crippen molar-refractivity contribution in [2.75, 3.05) is 0 Å². The van der Waals surface area contributed by atoms with Crippen LogP contribution in [0.15, 0.2) is 36.4 Å². The molecule has 0 saturated carbocycles. The maximum absolute atomic E-state index is 13.2. The molecule has 1 aliphatic carbocycles. The summed E-state index contributed by atoms with van der Waals surface area (Å²) in [5.74, 6) is -1.62. The van der Waals surface area contributed by atoms with Gasteiger partial charge in [0, 0.05) is 12.0 Å². The fourth-order valence-corrected chi connectivity index (χ4v) is 2.29. The molecule has 0 N–H and O–H groups in total. The fourth-order valence-electron chi connectivity index (χ4n) is 2.29. The van der Waals surface area contributed by atoms with E-state index in [-0.39, 0.29) is 5.78 Å². The third kappa shape index (κ3) is 1.72. The van der Waals surface area contributed by atoms with Gasteiger partial charge in [-0.3, -0.25) is 4.79 Å². The summed E-state index contributed by atoms with van der Waals surface area (Å²) >= 11 is 0. The lowest BCUT2D eigenvalue weighted by Gasteiger charge is -2.05. The highest BCUT2D eigenvalue weighted by Gasteiger charge is 2.19. The summed E-state index contributed by atoms with van der Waals surface area (Å²) < 4.78 is 26.0. The maximum Gasteiger partial charge on any atom is 0.163 e. The van der Waals surface area contributed by atoms with Gasteiger partial charge in [-0.05, 0) is 41.3 Å². The van der Waals surface area contributed by atoms with Crippen LogP contribution in [0.3, 0.4) is 0 Å². The number of hydrogen-bond acceptors (Lipinski definition) is 1. The van der Waals surface area contributed by atoms with Gasteiger partial charge in [0.2, 0.25) is 0 Å². The molecule has 90 valence electrons. The molecule has 0 aromatic heterocycles. The Kier molecular flexibility index (Phi) is 2.47. The van der Waals surface area contributed by atoms with E-state index in [0.717, 1.165) is 29.7 Å². The summed E-state index contributed by atoms with van der Waals surface area (Å²) in [5.41, 5.74) is 3.06. The topological polar surface area (TPSA) is 17.1 Å². The summed E-state index contributed by atoms with van der Waals surface area (Å²) in [4.78, 5) is 11.6. The molecule has 0 amide bonds. The number of halogens is 2. The molecule has 0 fully saturated rings. The Balaban J connectivity index is 2.10. The molecule has 0 unspecified atom stereocenters. The van der Waals surface area contributed by atoms with Crippen molar-refractivity contribution < 1.29 is 13.6 Å². The highest BCUT2D eigenvalue weighted by atomic mass is 19.2. The van der Waals surface area contributed by atoms with Crippen LogP contribution in [-0.2, 0) is 6.42 Å². The van der Waals surface area contributed by atoms with Crippen LogP contribution in [0.1, 0.15) is 22.3 Å². The van der Waals surface area contributed by atoms with Crippen molar-refractivity contribution in [1.29, 1.82) is 0 Å². The summed E-state index contributed by atoms with van der Waals surface area (Å²) in [7, 11) is 0. The van der Waals surface area contributed by atoms with Gasteiger partial charge in [0.15, 0.2) is 17.4 Å². The molecule has 2 aromatic carbocycles. The Labute approximate surface area is 103 Å². The van der Waals surface area contributed by atoms with Crippen molar-refractivity contribution in [2.24, 2.45) is 0 Å². The predicted octanol–water partition coefficient (Wildman–Crippen LogP) is 3.76. The van der Waals surface area contributed by atoms with E-state index < -0.39 is 11.6 Å². The van der Waals surface area contributed by atoms with Crippen molar-refractivity contribution in [2.45, 2.75) is 12.8 Å². The molecule has 0 heterocycles. The number of carbonyl (C=O) groups is 1. The van der Waals surface area contributed by atoms with Crippen LogP contribution in [0.2, 0.25) is 0 Å². The Morgan fingerprint density at radius 1 is 0.833 bits per heavy atom. The fraction of sp³-hybridized carbons (Fsp3) is 0.133. The number of benzene rings is 2. The summed E-state index contributed by atoms with van der Waals surface area (Å²) in [5, 5.41) is 0. The van der Waals surface area contributed by atoms with E-state index in [9.17, 15) is 13.6 Å². The molecule has 0 bridgehead atoms. The van der Waals surface area contributed by atoms with Crippen LogP contribution in [0.5, 0.6) is 0 Å². The lowest BCUT2D eigenvalue weighted by atomic mass is 10.0. The second-order valence-corrected chi connectivity index (χ2v) is 4.42. The maximum atomic E-state index is 13.2. The molecule has 3 heteroatoms. The van der Waals surface area contributed by atoms with Crippen LogP contribution in [-0.4, -0.2) is 5.78 Å². The van der Waals surface area contributed by atoms with Gasteiger partial charge in [0.25, 0.3) is 0 Å². The minimum absolute atomic E-state index is 0.120. The van der Waals surface area contributed by atoms with Gasteiger partial charge in [0.1, 0.15) is 0 Å². The van der Waals surface area contributed by atoms with E-state index in [1.54, 1.807) is 6.07 Å². The predicted molar refractivity (Wildman–Crippen MR) is 64.4 cm³/mol. The number of rotatable bonds is 1. The Morgan fingerprint density at radius 3 is 2.33 bits per heavy atom. The zero-order valence-electron chi connectivity index (χ0n) is 9.54. The van der Waals surface area contributed by atoms with Crippen molar-refractivity contribution in [3.05, 3.63) is 59.2 Å². The summed E-state index contributed by atoms with van der Waals surface area (Å²) in [6.45, 7) is 0. The van der Waals surface area contributed by atoms with E-state index >= 15 is 0 Å². The molecule has 0 radical (unpaired) electrons. The molecule has 0 aliphatic heterocycles. The monoisotopic (exact) mass is 244 g/mol. The van der Waals surface area contributed by atoms with E-state index in [1.165, 1.54) is 6.07 Å². The minimum Gasteiger partial charge on any atom is -0.294 e. The van der Waals surface area contributed by atoms with Gasteiger partial charge in [-0.1, -0.05) is 18.2 Å². The molecule has 0 atom stereocenters. The van der Waals surface area contributed by atoms with E-state index in [4.69, 9.17) is 0 Å². The van der Waals surface area contributed by atoms with Gasteiger partial charge in [-0.25, -0.2) is 8.78 Å². The second-order valence-electron chi connectivity index (χ2n) is 4.42. The summed E-state index contributed by atoms with van der Waals surface area (Å²) in [6, 6.07) is 9.24. The Bertz CT molecular complexity index is 647. The molecule has 18 heavy (non-hydrogen) atoms. The molecular formula is C15H10F2O. The SMILES string of the molecule is O=C1CCc2ccc(-c3ccc(F)c(F)c3)cc21. The van der Waals surface area contributed by atoms with Crippen molar-refractivity contribution in [1.82, 2.24) is 0 Å². The van der Waals surface area contributed by atoms with Gasteiger partial charge < -0.3 is 0 Å². The van der Waals surface area contributed by atoms with Crippen LogP contribution < -0.4 is 0 Å². The van der Waals surface area contributed by atoms with Crippen molar-refractivity contribution in [3.63, 3.8) is 0 Å². The zero-order valence-corrected chi connectivity index (χ0v) is 9.54. The number of hydrogen-bond donors (Lipinski definition) is 0. The normalized spacial score (nSPS) is 13.8. The standard InChI is InChI=1S/C15H10F2O/c16-13-5-3-11(8-14(13)17)10-2-1-9-4-6-15(18)12(9)7-10/h1-3,5,7-8H,4,6H2. The smallest absolute Gasteiger partial charge is 0.163 e. The molecule has 0 saturated heterocycles. The number of fused-ring (bicyclic) bond motifs is 1. The first-order valence-electron chi connectivity index (χ1n) is 5.77. The van der Waals surface area contributed by atoms with Crippen LogP contribution in [0, 0.1) is 11.6 Å². The molecule has 0 spiro atoms. The van der Waals surface area contributed by atoms with Crippen LogP contribution in [0.4, 0.5) is 8.78 Å². The van der Waals surface area contributed by atoms with E-state index in [1.807, 2.05) is 12.1 Å². The largest absolute Gasteiger partial charge is 0.294 e. The number of Topliss-reactive ketones (excluding diaryl/α,β-unsaturated/α-hetero) is 1. The molecule has 2 aromatic rings. The Hall–Kier alpha value is -2.03. The molecule has 3 rings (SSSR count). The molecule has 1 aliphatic rings. The average molecular weight is 244 g/mol. The minimum atomic E-state index is -0.876. The highest BCUT2D eigenvalue weighted by Crippen LogP contribution is 2.28. The van der Waals surface area contributed by atoms with Crippen LogP contribution in [0.25, 0.3) is 11.1 Å². The average Bonchev–Trinajstić information content (AvgIpc) is 2.74. The zero-order chi connectivity index (χ0) is 12.7. The number of ketones is 1. The summed E-state index contributed by atoms with van der Waals surface area (Å²) in [6.07, 6.45) is 1.31. The first kappa shape index (κ1) is 11.1. The molecular weight excluding hydrogens is 234 g/mol. The first-order chi connectivity index (χ1) is 8.65. The quantitative estimate of drug-likeness (QED) is 0.746. The van der Waals surface area contributed by atoms with E-state index in [2.05, 4.69) is 0 Å². The van der Waals surface area contributed by atoms with Crippen molar-refractivity contribution in [3.8, 4) is 11.1 Å². The first-order valence-corrected chi connectivity index (χ1v) is 5.77. The lowest BCUT2D eigenvalue weighted by molar-refractivity contribution is 0.0994. The third-order valence-corrected chi connectivity index (χ3v) is 3.28. The van der Waals surface area contributed by atoms with Gasteiger partial charge in [-0.15, -0.1) is 0 Å². The van der Waals surface area contributed by atoms with Crippen LogP contribution >= 0.6 is 0 Å². The second kappa shape index (κ2) is 4.02. The molecule has 1 nitrogen and oxygen atoms in total. The van der Waals surface area contributed by atoms with Gasteiger partial charge in [-0.2, -0.15) is 0 Å². The van der Waals surface area contributed by atoms with Crippen molar-refractivity contribution >= 4 is 5.78 Å². The van der Waals surface area contributed by atoms with Gasteiger partial charge in [0.05, 0.1) is 0 Å². The lowest BCUT2D eigenvalue weighted by Crippen LogP contribution is -1.92. The van der Waals surface area contributed by atoms with Gasteiger partial charge >= 0.3 is 0 Å². The highest BCUT2D eigenvalue weighted by molar-refractivity contribution is 6.01. The van der Waals surface area contributed by atoms with E-state index in [0.29, 0.717) is 17.5 Å². The number of carbonyl (C=O) groups excluding carboxylic acids is 1. The Morgan fingerprint density at radius 2 is 1.56 bits per heavy atom. The third-order valence-electron chi connectivity index (χ3n) is 3.28.